The molecule has 0 heterocycles. The fraction of sp³-hybridized carbons (Fsp3) is 0.562. The van der Waals surface area contributed by atoms with E-state index >= 15 is 0 Å². The van der Waals surface area contributed by atoms with Crippen molar-refractivity contribution in [2.75, 3.05) is 18.1 Å². The first-order valence-electron chi connectivity index (χ1n) is 7.24. The van der Waals surface area contributed by atoms with E-state index in [0.717, 1.165) is 17.7 Å². The zero-order chi connectivity index (χ0) is 15.0. The van der Waals surface area contributed by atoms with Crippen LogP contribution in [0.25, 0.3) is 0 Å². The summed E-state index contributed by atoms with van der Waals surface area (Å²) in [5, 5.41) is 2.89. The number of nitrogens with two attached hydrogens (primary N) is 1. The smallest absolute Gasteiger partial charge is 0.230 e. The van der Waals surface area contributed by atoms with Gasteiger partial charge in [-0.3, -0.25) is 4.79 Å². The summed E-state index contributed by atoms with van der Waals surface area (Å²) in [7, 11) is 0. The third-order valence-corrected chi connectivity index (χ3v) is 4.30. The molecule has 0 saturated carbocycles. The molecule has 0 fully saturated rings. The first-order valence-corrected chi connectivity index (χ1v) is 8.40. The second kappa shape index (κ2) is 10.9. The summed E-state index contributed by atoms with van der Waals surface area (Å²) in [6.45, 7) is 6.94. The molecule has 0 aliphatic heterocycles. The Hall–Kier alpha value is -0.710. The van der Waals surface area contributed by atoms with Crippen molar-refractivity contribution in [3.8, 4) is 0 Å². The van der Waals surface area contributed by atoms with Crippen LogP contribution in [0.5, 0.6) is 0 Å². The van der Waals surface area contributed by atoms with Gasteiger partial charge in [0.15, 0.2) is 0 Å². The Kier molecular flexibility index (Phi) is 10.6. The van der Waals surface area contributed by atoms with Crippen LogP contribution in [-0.2, 0) is 4.79 Å². The maximum absolute atomic E-state index is 11.6. The number of halogens is 1. The highest BCUT2D eigenvalue weighted by Crippen LogP contribution is 2.17. The summed E-state index contributed by atoms with van der Waals surface area (Å²) < 4.78 is 0. The highest BCUT2D eigenvalue weighted by Gasteiger charge is 2.09. The van der Waals surface area contributed by atoms with Crippen LogP contribution in [0.3, 0.4) is 0 Å². The number of hydrogen-bond donors (Lipinski definition) is 2. The van der Waals surface area contributed by atoms with Gasteiger partial charge >= 0.3 is 0 Å². The molecule has 1 rings (SSSR count). The lowest BCUT2D eigenvalue weighted by Crippen LogP contribution is -2.33. The quantitative estimate of drug-likeness (QED) is 0.717. The summed E-state index contributed by atoms with van der Waals surface area (Å²) in [6, 6.07) is 8.18. The summed E-state index contributed by atoms with van der Waals surface area (Å²) in [5.41, 5.74) is 8.47. The lowest BCUT2D eigenvalue weighted by atomic mass is 9.99. The Morgan fingerprint density at radius 1 is 1.24 bits per heavy atom. The SMILES string of the molecule is CCCSCC(=O)NCC(N)c1ccc(C(C)C)cc1.Cl. The maximum atomic E-state index is 11.6. The monoisotopic (exact) mass is 330 g/mol. The molecule has 0 spiro atoms. The van der Waals surface area contributed by atoms with Gasteiger partial charge in [0.1, 0.15) is 0 Å². The molecule has 120 valence electrons. The van der Waals surface area contributed by atoms with Crippen molar-refractivity contribution in [1.82, 2.24) is 5.32 Å². The third-order valence-electron chi connectivity index (χ3n) is 3.13. The van der Waals surface area contributed by atoms with Crippen LogP contribution in [0.15, 0.2) is 24.3 Å². The number of rotatable bonds is 8. The first kappa shape index (κ1) is 20.3. The number of nitrogens with one attached hydrogen (secondary N) is 1. The minimum atomic E-state index is -0.142. The lowest BCUT2D eigenvalue weighted by molar-refractivity contribution is -0.118. The molecule has 0 aromatic heterocycles. The Labute approximate surface area is 138 Å². The van der Waals surface area contributed by atoms with Crippen molar-refractivity contribution in [3.05, 3.63) is 35.4 Å². The highest BCUT2D eigenvalue weighted by atomic mass is 35.5. The molecule has 5 heteroatoms. The summed E-state index contributed by atoms with van der Waals surface area (Å²) in [6.07, 6.45) is 1.10. The van der Waals surface area contributed by atoms with Crippen LogP contribution >= 0.6 is 24.2 Å². The van der Waals surface area contributed by atoms with E-state index in [1.807, 2.05) is 0 Å². The van der Waals surface area contributed by atoms with Gasteiger partial charge in [0.2, 0.25) is 5.91 Å². The Morgan fingerprint density at radius 3 is 2.33 bits per heavy atom. The molecule has 3 N–H and O–H groups in total. The van der Waals surface area contributed by atoms with Crippen molar-refractivity contribution in [3.63, 3.8) is 0 Å². The van der Waals surface area contributed by atoms with Gasteiger partial charge in [-0.1, -0.05) is 45.0 Å². The second-order valence-corrected chi connectivity index (χ2v) is 6.39. The van der Waals surface area contributed by atoms with Crippen molar-refractivity contribution < 1.29 is 4.79 Å². The summed E-state index contributed by atoms with van der Waals surface area (Å²) in [5.74, 6) is 2.14. The van der Waals surface area contributed by atoms with Crippen LogP contribution in [0, 0.1) is 0 Å². The predicted octanol–water partition coefficient (Wildman–Crippen LogP) is 3.49. The molecule has 1 aromatic rings. The van der Waals surface area contributed by atoms with E-state index in [2.05, 4.69) is 50.4 Å². The van der Waals surface area contributed by atoms with E-state index in [-0.39, 0.29) is 24.4 Å². The zero-order valence-corrected chi connectivity index (χ0v) is 14.7. The van der Waals surface area contributed by atoms with E-state index in [1.165, 1.54) is 5.56 Å². The molecule has 21 heavy (non-hydrogen) atoms. The molecule has 0 aliphatic rings. The highest BCUT2D eigenvalue weighted by molar-refractivity contribution is 7.99. The van der Waals surface area contributed by atoms with Crippen LogP contribution in [-0.4, -0.2) is 24.0 Å². The molecule has 0 radical (unpaired) electrons. The second-order valence-electron chi connectivity index (χ2n) is 5.28. The number of thioether (sulfide) groups is 1. The van der Waals surface area contributed by atoms with Gasteiger partial charge in [-0.25, -0.2) is 0 Å². The maximum Gasteiger partial charge on any atom is 0.230 e. The molecular formula is C16H27ClN2OS. The Morgan fingerprint density at radius 2 is 1.81 bits per heavy atom. The Bertz CT molecular complexity index is 409. The molecule has 0 saturated heterocycles. The molecule has 0 bridgehead atoms. The van der Waals surface area contributed by atoms with Gasteiger partial charge in [-0.05, 0) is 29.2 Å². The van der Waals surface area contributed by atoms with Crippen LogP contribution in [0.4, 0.5) is 0 Å². The van der Waals surface area contributed by atoms with E-state index in [1.54, 1.807) is 11.8 Å². The van der Waals surface area contributed by atoms with Crippen LogP contribution < -0.4 is 11.1 Å². The van der Waals surface area contributed by atoms with Gasteiger partial charge in [0.25, 0.3) is 0 Å². The largest absolute Gasteiger partial charge is 0.353 e. The van der Waals surface area contributed by atoms with Crippen molar-refractivity contribution in [2.45, 2.75) is 39.2 Å². The topological polar surface area (TPSA) is 55.1 Å². The molecule has 1 atom stereocenters. The standard InChI is InChI=1S/C16H26N2OS.ClH/c1-4-9-20-11-16(19)18-10-15(17)14-7-5-13(6-8-14)12(2)3;/h5-8,12,15H,4,9-11,17H2,1-3H3,(H,18,19);1H. The fourth-order valence-electron chi connectivity index (χ4n) is 1.83. The molecule has 3 nitrogen and oxygen atoms in total. The Balaban J connectivity index is 0.00000400. The minimum Gasteiger partial charge on any atom is -0.353 e. The van der Waals surface area contributed by atoms with Gasteiger partial charge in [0.05, 0.1) is 5.75 Å². The summed E-state index contributed by atoms with van der Waals surface area (Å²) >= 11 is 1.66. The summed E-state index contributed by atoms with van der Waals surface area (Å²) in [4.78, 5) is 11.6. The van der Waals surface area contributed by atoms with Crippen molar-refractivity contribution in [2.24, 2.45) is 5.73 Å². The van der Waals surface area contributed by atoms with Crippen LogP contribution in [0.2, 0.25) is 0 Å². The average molecular weight is 331 g/mol. The van der Waals surface area contributed by atoms with E-state index in [9.17, 15) is 4.79 Å². The number of carbonyl (C=O) groups excluding carboxylic acids is 1. The van der Waals surface area contributed by atoms with Gasteiger partial charge in [-0.15, -0.1) is 12.4 Å². The number of benzene rings is 1. The average Bonchev–Trinajstić information content (AvgIpc) is 2.45. The predicted molar refractivity (Wildman–Crippen MR) is 95.3 cm³/mol. The van der Waals surface area contributed by atoms with Crippen molar-refractivity contribution >= 4 is 30.1 Å². The number of hydrogen-bond acceptors (Lipinski definition) is 3. The van der Waals surface area contributed by atoms with Gasteiger partial charge in [0, 0.05) is 12.6 Å². The molecule has 1 amide bonds. The molecule has 0 aliphatic carbocycles. The van der Waals surface area contributed by atoms with Crippen LogP contribution in [0.1, 0.15) is 50.3 Å². The fourth-order valence-corrected chi connectivity index (χ4v) is 2.55. The third kappa shape index (κ3) is 7.74. The van der Waals surface area contributed by atoms with Crippen molar-refractivity contribution in [1.29, 1.82) is 0 Å². The van der Waals surface area contributed by atoms with E-state index < -0.39 is 0 Å². The normalized spacial score (nSPS) is 11.9. The lowest BCUT2D eigenvalue weighted by Gasteiger charge is -2.14. The molecule has 1 unspecified atom stereocenters. The number of amides is 1. The zero-order valence-electron chi connectivity index (χ0n) is 13.1. The van der Waals surface area contributed by atoms with E-state index in [0.29, 0.717) is 18.2 Å². The minimum absolute atomic E-state index is 0. The molecular weight excluding hydrogens is 304 g/mol. The van der Waals surface area contributed by atoms with E-state index in [4.69, 9.17) is 5.73 Å². The number of carbonyl (C=O) groups is 1. The van der Waals surface area contributed by atoms with Gasteiger partial charge in [-0.2, -0.15) is 11.8 Å². The molecule has 1 aromatic carbocycles. The van der Waals surface area contributed by atoms with Gasteiger partial charge < -0.3 is 11.1 Å². The first-order chi connectivity index (χ1) is 9.54.